The van der Waals surface area contributed by atoms with Crippen LogP contribution in [0.2, 0.25) is 0 Å². The molecule has 3 atom stereocenters. The Morgan fingerprint density at radius 1 is 1.29 bits per heavy atom. The maximum atomic E-state index is 12.4. The van der Waals surface area contributed by atoms with E-state index in [4.69, 9.17) is 19.6 Å². The van der Waals surface area contributed by atoms with Crippen LogP contribution in [0.1, 0.15) is 81.6 Å². The second kappa shape index (κ2) is 8.94. The molecule has 4 rings (SSSR count). The van der Waals surface area contributed by atoms with E-state index in [2.05, 4.69) is 10.3 Å². The molecule has 31 heavy (non-hydrogen) atoms. The van der Waals surface area contributed by atoms with Gasteiger partial charge in [0.25, 0.3) is 0 Å². The second-order valence-corrected chi connectivity index (χ2v) is 9.04. The Morgan fingerprint density at radius 3 is 2.87 bits per heavy atom. The number of ether oxygens (including phenoxy) is 2. The number of aryl methyl sites for hydroxylation is 2. The zero-order valence-corrected chi connectivity index (χ0v) is 19.0. The van der Waals surface area contributed by atoms with Gasteiger partial charge in [-0.05, 0) is 72.3 Å². The predicted molar refractivity (Wildman–Crippen MR) is 117 cm³/mol. The Bertz CT molecular complexity index is 937. The van der Waals surface area contributed by atoms with Crippen molar-refractivity contribution in [1.29, 1.82) is 0 Å². The van der Waals surface area contributed by atoms with E-state index in [0.29, 0.717) is 18.4 Å². The number of hydrogen-bond acceptors (Lipinski definition) is 7. The zero-order valence-electron chi connectivity index (χ0n) is 19.0. The molecule has 0 aromatic carbocycles. The summed E-state index contributed by atoms with van der Waals surface area (Å²) in [6.45, 7) is 9.05. The molecule has 8 nitrogen and oxygen atoms in total. The number of nitrogens with zero attached hydrogens (tertiary/aromatic N) is 4. The molecule has 1 aliphatic carbocycles. The molecular formula is C23H33N5O3. The summed E-state index contributed by atoms with van der Waals surface area (Å²) in [4.78, 5) is 21.7. The van der Waals surface area contributed by atoms with Gasteiger partial charge in [0.2, 0.25) is 5.95 Å². The van der Waals surface area contributed by atoms with Gasteiger partial charge in [-0.1, -0.05) is 0 Å². The van der Waals surface area contributed by atoms with Gasteiger partial charge in [0.05, 0.1) is 12.0 Å². The molecule has 0 bridgehead atoms. The van der Waals surface area contributed by atoms with Crippen LogP contribution in [0.15, 0.2) is 12.1 Å². The number of esters is 1. The van der Waals surface area contributed by atoms with Crippen molar-refractivity contribution in [3.05, 3.63) is 29.2 Å². The van der Waals surface area contributed by atoms with E-state index in [1.807, 2.05) is 44.5 Å². The summed E-state index contributed by atoms with van der Waals surface area (Å²) in [6, 6.07) is 4.02. The van der Waals surface area contributed by atoms with E-state index >= 15 is 0 Å². The zero-order chi connectivity index (χ0) is 22.0. The van der Waals surface area contributed by atoms with E-state index in [-0.39, 0.29) is 18.1 Å². The Kier molecular flexibility index (Phi) is 6.27. The molecule has 1 aliphatic heterocycles. The van der Waals surface area contributed by atoms with Crippen LogP contribution in [0.4, 0.5) is 11.8 Å². The SMILES string of the molecule is CCOC(=O)[C@]1(C)CC[C@@H](c2cc(C)nc(Nc3cc(C)n(C4CCCCO4)n3)n2)C1. The van der Waals surface area contributed by atoms with Gasteiger partial charge in [-0.3, -0.25) is 4.79 Å². The van der Waals surface area contributed by atoms with Gasteiger partial charge in [-0.25, -0.2) is 14.6 Å². The van der Waals surface area contributed by atoms with Crippen molar-refractivity contribution in [2.24, 2.45) is 5.41 Å². The van der Waals surface area contributed by atoms with Gasteiger partial charge < -0.3 is 14.8 Å². The first kappa shape index (κ1) is 21.7. The lowest BCUT2D eigenvalue weighted by Crippen LogP contribution is -2.27. The van der Waals surface area contributed by atoms with Crippen molar-refractivity contribution in [2.75, 3.05) is 18.5 Å². The van der Waals surface area contributed by atoms with Crippen molar-refractivity contribution in [1.82, 2.24) is 19.7 Å². The number of carbonyl (C=O) groups excluding carboxylic acids is 1. The third-order valence-electron chi connectivity index (χ3n) is 6.39. The third kappa shape index (κ3) is 4.74. The molecule has 0 spiro atoms. The first-order valence-corrected chi connectivity index (χ1v) is 11.4. The van der Waals surface area contributed by atoms with E-state index in [1.54, 1.807) is 0 Å². The minimum absolute atomic E-state index is 0.00247. The number of carbonyl (C=O) groups is 1. The molecule has 0 radical (unpaired) electrons. The van der Waals surface area contributed by atoms with Crippen molar-refractivity contribution in [2.45, 2.75) is 78.4 Å². The van der Waals surface area contributed by atoms with E-state index in [9.17, 15) is 4.79 Å². The van der Waals surface area contributed by atoms with Gasteiger partial charge in [-0.15, -0.1) is 0 Å². The van der Waals surface area contributed by atoms with Gasteiger partial charge in [0.15, 0.2) is 12.0 Å². The number of hydrogen-bond donors (Lipinski definition) is 1. The highest BCUT2D eigenvalue weighted by molar-refractivity contribution is 5.77. The standard InChI is InChI=1S/C23H33N5O3/c1-5-30-21(29)23(4)10-9-17(14-23)18-12-15(2)24-22(25-18)26-19-13-16(3)28(27-19)20-8-6-7-11-31-20/h12-13,17,20H,5-11,14H2,1-4H3,(H,24,25,26,27)/t17-,20?,23-/m1/s1. The Labute approximate surface area is 183 Å². The lowest BCUT2D eigenvalue weighted by atomic mass is 9.87. The highest BCUT2D eigenvalue weighted by atomic mass is 16.5. The summed E-state index contributed by atoms with van der Waals surface area (Å²) in [5.41, 5.74) is 2.46. The molecule has 8 heteroatoms. The largest absolute Gasteiger partial charge is 0.466 e. The lowest BCUT2D eigenvalue weighted by Gasteiger charge is -2.23. The number of anilines is 2. The van der Waals surface area contributed by atoms with Crippen LogP contribution in [-0.2, 0) is 14.3 Å². The molecule has 1 saturated heterocycles. The minimum Gasteiger partial charge on any atom is -0.466 e. The van der Waals surface area contributed by atoms with Crippen LogP contribution in [0, 0.1) is 19.3 Å². The van der Waals surface area contributed by atoms with Crippen LogP contribution >= 0.6 is 0 Å². The summed E-state index contributed by atoms with van der Waals surface area (Å²) < 4.78 is 13.1. The van der Waals surface area contributed by atoms with E-state index in [1.165, 1.54) is 0 Å². The van der Waals surface area contributed by atoms with Gasteiger partial charge in [0.1, 0.15) is 0 Å². The highest BCUT2D eigenvalue weighted by Crippen LogP contribution is 2.47. The average molecular weight is 428 g/mol. The Morgan fingerprint density at radius 2 is 2.13 bits per heavy atom. The lowest BCUT2D eigenvalue weighted by molar-refractivity contribution is -0.154. The fourth-order valence-corrected chi connectivity index (χ4v) is 4.71. The minimum atomic E-state index is -0.441. The quantitative estimate of drug-likeness (QED) is 0.675. The molecule has 3 heterocycles. The summed E-state index contributed by atoms with van der Waals surface area (Å²) in [5.74, 6) is 1.36. The molecule has 2 aromatic heterocycles. The molecule has 1 N–H and O–H groups in total. The molecule has 2 aromatic rings. The Hall–Kier alpha value is -2.48. The van der Waals surface area contributed by atoms with Crippen LogP contribution in [-0.4, -0.2) is 38.9 Å². The summed E-state index contributed by atoms with van der Waals surface area (Å²) in [5, 5.41) is 7.96. The molecule has 1 saturated carbocycles. The van der Waals surface area contributed by atoms with Crippen LogP contribution in [0.5, 0.6) is 0 Å². The van der Waals surface area contributed by atoms with E-state index < -0.39 is 5.41 Å². The third-order valence-corrected chi connectivity index (χ3v) is 6.39. The monoisotopic (exact) mass is 427 g/mol. The van der Waals surface area contributed by atoms with Crippen molar-refractivity contribution in [3.63, 3.8) is 0 Å². The van der Waals surface area contributed by atoms with E-state index in [0.717, 1.165) is 62.2 Å². The Balaban J connectivity index is 1.49. The molecule has 0 amide bonds. The molecule has 168 valence electrons. The normalized spacial score (nSPS) is 26.1. The maximum absolute atomic E-state index is 12.4. The highest BCUT2D eigenvalue weighted by Gasteiger charge is 2.43. The topological polar surface area (TPSA) is 91.2 Å². The van der Waals surface area contributed by atoms with Crippen molar-refractivity contribution >= 4 is 17.7 Å². The van der Waals surface area contributed by atoms with Crippen molar-refractivity contribution in [3.8, 4) is 0 Å². The first-order valence-electron chi connectivity index (χ1n) is 11.4. The first-order chi connectivity index (χ1) is 14.9. The van der Waals surface area contributed by atoms with Crippen LogP contribution < -0.4 is 5.32 Å². The predicted octanol–water partition coefficient (Wildman–Crippen LogP) is 4.57. The molecule has 1 unspecified atom stereocenters. The van der Waals surface area contributed by atoms with Crippen molar-refractivity contribution < 1.29 is 14.3 Å². The number of aromatic nitrogens is 4. The van der Waals surface area contributed by atoms with Gasteiger partial charge >= 0.3 is 5.97 Å². The summed E-state index contributed by atoms with van der Waals surface area (Å²) in [7, 11) is 0. The maximum Gasteiger partial charge on any atom is 0.311 e. The second-order valence-electron chi connectivity index (χ2n) is 9.04. The molecule has 2 fully saturated rings. The number of rotatable bonds is 6. The average Bonchev–Trinajstić information content (AvgIpc) is 3.32. The number of nitrogens with one attached hydrogen (secondary N) is 1. The van der Waals surface area contributed by atoms with Gasteiger partial charge in [0, 0.05) is 35.7 Å². The van der Waals surface area contributed by atoms with Gasteiger partial charge in [-0.2, -0.15) is 5.10 Å². The molecule has 2 aliphatic rings. The fraction of sp³-hybridized carbons (Fsp3) is 0.652. The summed E-state index contributed by atoms with van der Waals surface area (Å²) in [6.07, 6.45) is 5.71. The smallest absolute Gasteiger partial charge is 0.311 e. The fourth-order valence-electron chi connectivity index (χ4n) is 4.71. The molecular weight excluding hydrogens is 394 g/mol. The summed E-state index contributed by atoms with van der Waals surface area (Å²) >= 11 is 0. The van der Waals surface area contributed by atoms with Crippen LogP contribution in [0.25, 0.3) is 0 Å². The van der Waals surface area contributed by atoms with Crippen LogP contribution in [0.3, 0.4) is 0 Å².